The molecule has 0 aliphatic carbocycles. The maximum Gasteiger partial charge on any atom is 0.248 e. The summed E-state index contributed by atoms with van der Waals surface area (Å²) in [4.78, 5) is 14.5. The van der Waals surface area contributed by atoms with Crippen molar-refractivity contribution in [1.82, 2.24) is 4.98 Å². The molecule has 2 heteroatoms. The van der Waals surface area contributed by atoms with Crippen molar-refractivity contribution < 1.29 is 0 Å². The molecule has 0 radical (unpaired) electrons. The van der Waals surface area contributed by atoms with E-state index < -0.39 is 0 Å². The Kier molecular flexibility index (Phi) is 2.61. The lowest BCUT2D eigenvalue weighted by Gasteiger charge is -2.10. The van der Waals surface area contributed by atoms with Crippen LogP contribution in [0.1, 0.15) is 0 Å². The van der Waals surface area contributed by atoms with Gasteiger partial charge in [0, 0.05) is 17.3 Å². The van der Waals surface area contributed by atoms with E-state index in [1.165, 1.54) is 22.2 Å². The molecule has 0 aliphatic rings. The molecule has 0 atom stereocenters. The van der Waals surface area contributed by atoms with E-state index in [0.717, 1.165) is 16.6 Å². The smallest absolute Gasteiger partial charge is 0.248 e. The first-order chi connectivity index (χ1) is 10.3. The molecule has 1 heterocycles. The molecule has 0 saturated carbocycles. The van der Waals surface area contributed by atoms with Crippen molar-refractivity contribution in [1.29, 1.82) is 0 Å². The van der Waals surface area contributed by atoms with Crippen LogP contribution in [-0.2, 0) is 0 Å². The second-order valence-electron chi connectivity index (χ2n) is 5.12. The van der Waals surface area contributed by atoms with Crippen molar-refractivity contribution >= 4 is 21.5 Å². The van der Waals surface area contributed by atoms with Crippen molar-refractivity contribution in [2.24, 2.45) is 0 Å². The Morgan fingerprint density at radius 1 is 0.667 bits per heavy atom. The number of aromatic nitrogens is 1. The third kappa shape index (κ3) is 1.93. The molecule has 0 saturated heterocycles. The van der Waals surface area contributed by atoms with E-state index in [0.29, 0.717) is 0 Å². The topological polar surface area (TPSA) is 32.9 Å². The van der Waals surface area contributed by atoms with Gasteiger partial charge in [0.1, 0.15) is 0 Å². The summed E-state index contributed by atoms with van der Waals surface area (Å²) in [5.41, 5.74) is 1.83. The lowest BCUT2D eigenvalue weighted by Crippen LogP contribution is -2.03. The van der Waals surface area contributed by atoms with E-state index in [-0.39, 0.29) is 5.56 Å². The molecule has 0 fully saturated rings. The molecule has 0 unspecified atom stereocenters. The number of nitrogens with one attached hydrogen (secondary N) is 1. The molecule has 3 aromatic carbocycles. The minimum absolute atomic E-state index is 0.0789. The van der Waals surface area contributed by atoms with Gasteiger partial charge in [0.25, 0.3) is 0 Å². The van der Waals surface area contributed by atoms with Gasteiger partial charge in [0.2, 0.25) is 5.56 Å². The molecule has 0 spiro atoms. The van der Waals surface area contributed by atoms with Crippen LogP contribution in [0.3, 0.4) is 0 Å². The van der Waals surface area contributed by atoms with Crippen molar-refractivity contribution in [3.8, 4) is 11.3 Å². The average Bonchev–Trinajstić information content (AvgIpc) is 2.54. The number of pyridine rings is 1. The average molecular weight is 271 g/mol. The molecule has 2 nitrogen and oxygen atoms in total. The molecule has 1 aromatic heterocycles. The van der Waals surface area contributed by atoms with Crippen LogP contribution in [-0.4, -0.2) is 4.98 Å². The van der Waals surface area contributed by atoms with Gasteiger partial charge in [0.05, 0.1) is 0 Å². The van der Waals surface area contributed by atoms with Gasteiger partial charge >= 0.3 is 0 Å². The maximum absolute atomic E-state index is 11.6. The van der Waals surface area contributed by atoms with E-state index in [4.69, 9.17) is 0 Å². The molecular weight excluding hydrogens is 258 g/mol. The number of fused-ring (bicyclic) bond motifs is 3. The summed E-state index contributed by atoms with van der Waals surface area (Å²) in [5, 5.41) is 4.76. The van der Waals surface area contributed by atoms with Crippen molar-refractivity contribution in [3.05, 3.63) is 83.2 Å². The minimum Gasteiger partial charge on any atom is -0.322 e. The van der Waals surface area contributed by atoms with Crippen LogP contribution in [0.15, 0.2) is 77.6 Å². The van der Waals surface area contributed by atoms with Gasteiger partial charge in [-0.3, -0.25) is 4.79 Å². The fourth-order valence-electron chi connectivity index (χ4n) is 2.88. The Morgan fingerprint density at radius 2 is 1.38 bits per heavy atom. The summed E-state index contributed by atoms with van der Waals surface area (Å²) in [6.45, 7) is 0. The molecule has 0 aliphatic heterocycles. The van der Waals surface area contributed by atoms with Crippen LogP contribution >= 0.6 is 0 Å². The van der Waals surface area contributed by atoms with Crippen LogP contribution in [0.25, 0.3) is 32.8 Å². The zero-order valence-corrected chi connectivity index (χ0v) is 11.3. The highest BCUT2D eigenvalue weighted by molar-refractivity contribution is 6.13. The molecule has 4 aromatic rings. The fourth-order valence-corrected chi connectivity index (χ4v) is 2.88. The first-order valence-electron chi connectivity index (χ1n) is 6.93. The second kappa shape index (κ2) is 4.60. The summed E-state index contributed by atoms with van der Waals surface area (Å²) in [6.07, 6.45) is 0. The van der Waals surface area contributed by atoms with E-state index in [9.17, 15) is 4.79 Å². The summed E-state index contributed by atoms with van der Waals surface area (Å²) in [5.74, 6) is 0. The number of hydrogen-bond donors (Lipinski definition) is 1. The lowest BCUT2D eigenvalue weighted by atomic mass is 9.95. The number of H-pyrrole nitrogens is 1. The number of aromatic amines is 1. The van der Waals surface area contributed by atoms with Crippen LogP contribution in [0.5, 0.6) is 0 Å². The van der Waals surface area contributed by atoms with E-state index in [1.807, 2.05) is 24.3 Å². The van der Waals surface area contributed by atoms with Gasteiger partial charge in [-0.15, -0.1) is 0 Å². The largest absolute Gasteiger partial charge is 0.322 e. The SMILES string of the molecule is O=c1cccc(-c2cc3ccccc3c3ccccc23)[nH]1. The minimum atomic E-state index is -0.0789. The van der Waals surface area contributed by atoms with E-state index in [1.54, 1.807) is 6.07 Å². The third-order valence-corrected chi connectivity index (χ3v) is 3.83. The Balaban J connectivity index is 2.19. The maximum atomic E-state index is 11.6. The third-order valence-electron chi connectivity index (χ3n) is 3.83. The first kappa shape index (κ1) is 11.9. The van der Waals surface area contributed by atoms with Crippen molar-refractivity contribution in [2.75, 3.05) is 0 Å². The highest BCUT2D eigenvalue weighted by Crippen LogP contribution is 2.33. The zero-order valence-electron chi connectivity index (χ0n) is 11.3. The van der Waals surface area contributed by atoms with Gasteiger partial charge < -0.3 is 4.98 Å². The number of benzene rings is 3. The van der Waals surface area contributed by atoms with Gasteiger partial charge in [-0.2, -0.15) is 0 Å². The van der Waals surface area contributed by atoms with Gasteiger partial charge in [-0.1, -0.05) is 54.6 Å². The Bertz CT molecular complexity index is 1010. The fraction of sp³-hybridized carbons (Fsp3) is 0. The summed E-state index contributed by atoms with van der Waals surface area (Å²) in [6, 6.07) is 24.0. The molecule has 100 valence electrons. The van der Waals surface area contributed by atoms with Crippen molar-refractivity contribution in [3.63, 3.8) is 0 Å². The molecule has 4 rings (SSSR count). The quantitative estimate of drug-likeness (QED) is 0.513. The predicted molar refractivity (Wildman–Crippen MR) is 87.5 cm³/mol. The zero-order chi connectivity index (χ0) is 14.2. The van der Waals surface area contributed by atoms with E-state index >= 15 is 0 Å². The monoisotopic (exact) mass is 271 g/mol. The normalized spacial score (nSPS) is 11.0. The van der Waals surface area contributed by atoms with Crippen LogP contribution < -0.4 is 5.56 Å². The second-order valence-corrected chi connectivity index (χ2v) is 5.12. The van der Waals surface area contributed by atoms with Gasteiger partial charge in [0.15, 0.2) is 0 Å². The standard InChI is InChI=1S/C19H13NO/c21-19-11-5-10-18(20-19)17-12-13-6-1-2-7-14(13)15-8-3-4-9-16(15)17/h1-12H,(H,20,21). The molecule has 0 bridgehead atoms. The van der Waals surface area contributed by atoms with Crippen LogP contribution in [0.2, 0.25) is 0 Å². The molecule has 21 heavy (non-hydrogen) atoms. The lowest BCUT2D eigenvalue weighted by molar-refractivity contribution is 1.25. The Hall–Kier alpha value is -2.87. The summed E-state index contributed by atoms with van der Waals surface area (Å²) >= 11 is 0. The number of hydrogen-bond acceptors (Lipinski definition) is 1. The van der Waals surface area contributed by atoms with Crippen LogP contribution in [0.4, 0.5) is 0 Å². The first-order valence-corrected chi connectivity index (χ1v) is 6.93. The Morgan fingerprint density at radius 3 is 2.19 bits per heavy atom. The van der Waals surface area contributed by atoms with Crippen LogP contribution in [0, 0.1) is 0 Å². The summed E-state index contributed by atoms with van der Waals surface area (Å²) in [7, 11) is 0. The molecular formula is C19H13NO. The highest BCUT2D eigenvalue weighted by Gasteiger charge is 2.08. The van der Waals surface area contributed by atoms with Gasteiger partial charge in [-0.05, 0) is 33.7 Å². The molecule has 0 amide bonds. The number of rotatable bonds is 1. The molecule has 1 N–H and O–H groups in total. The predicted octanol–water partition coefficient (Wildman–Crippen LogP) is 4.35. The summed E-state index contributed by atoms with van der Waals surface area (Å²) < 4.78 is 0. The van der Waals surface area contributed by atoms with E-state index in [2.05, 4.69) is 41.4 Å². The highest BCUT2D eigenvalue weighted by atomic mass is 16.1. The van der Waals surface area contributed by atoms with Crippen molar-refractivity contribution in [2.45, 2.75) is 0 Å². The Labute approximate surface area is 121 Å². The van der Waals surface area contributed by atoms with Gasteiger partial charge in [-0.25, -0.2) is 0 Å².